The molecule has 0 bridgehead atoms. The van der Waals surface area contributed by atoms with E-state index < -0.39 is 0 Å². The molecule has 0 amide bonds. The van der Waals surface area contributed by atoms with Crippen LogP contribution in [0.3, 0.4) is 0 Å². The van der Waals surface area contributed by atoms with Crippen molar-refractivity contribution in [1.29, 1.82) is 0 Å². The molecule has 0 saturated heterocycles. The second kappa shape index (κ2) is 6.10. The number of halogens is 2. The lowest BCUT2D eigenvalue weighted by molar-refractivity contribution is 0.408. The van der Waals surface area contributed by atoms with Crippen molar-refractivity contribution < 1.29 is 13.5 Å². The highest BCUT2D eigenvalue weighted by Crippen LogP contribution is 2.48. The highest BCUT2D eigenvalue weighted by atomic mass is 19.1. The van der Waals surface area contributed by atoms with E-state index in [1.165, 1.54) is 13.2 Å². The summed E-state index contributed by atoms with van der Waals surface area (Å²) in [4.78, 5) is 0. The minimum atomic E-state index is -0.295. The van der Waals surface area contributed by atoms with Gasteiger partial charge in [-0.25, -0.2) is 8.78 Å². The van der Waals surface area contributed by atoms with Crippen molar-refractivity contribution in [1.82, 2.24) is 0 Å². The van der Waals surface area contributed by atoms with Crippen molar-refractivity contribution in [2.75, 3.05) is 7.11 Å². The van der Waals surface area contributed by atoms with Crippen LogP contribution < -0.4 is 4.74 Å². The number of rotatable bonds is 3. The first-order chi connectivity index (χ1) is 10.9. The lowest BCUT2D eigenvalue weighted by Gasteiger charge is -2.26. The van der Waals surface area contributed by atoms with Crippen LogP contribution in [0.5, 0.6) is 5.75 Å². The zero-order valence-corrected chi connectivity index (χ0v) is 14.2. The Morgan fingerprint density at radius 3 is 2.61 bits per heavy atom. The van der Waals surface area contributed by atoms with Crippen molar-refractivity contribution in [3.8, 4) is 5.75 Å². The maximum Gasteiger partial charge on any atom is 0.130 e. The van der Waals surface area contributed by atoms with Gasteiger partial charge >= 0.3 is 0 Å². The Morgan fingerprint density at radius 1 is 1.22 bits per heavy atom. The van der Waals surface area contributed by atoms with Gasteiger partial charge in [-0.15, -0.1) is 0 Å². The largest absolute Gasteiger partial charge is 0.496 e. The van der Waals surface area contributed by atoms with Gasteiger partial charge in [0.1, 0.15) is 17.4 Å². The number of allylic oxidation sites excluding steroid dienone is 4. The van der Waals surface area contributed by atoms with Crippen molar-refractivity contribution in [2.24, 2.45) is 11.8 Å². The van der Waals surface area contributed by atoms with Crippen LogP contribution in [0.4, 0.5) is 8.78 Å². The van der Waals surface area contributed by atoms with Gasteiger partial charge in [-0.1, -0.05) is 26.8 Å². The summed E-state index contributed by atoms with van der Waals surface area (Å²) in [6.07, 6.45) is 4.94. The second-order valence-corrected chi connectivity index (χ2v) is 7.01. The van der Waals surface area contributed by atoms with E-state index in [1.54, 1.807) is 6.07 Å². The normalized spacial score (nSPS) is 24.0. The first-order valence-electron chi connectivity index (χ1n) is 8.42. The third-order valence-corrected chi connectivity index (χ3v) is 5.22. The molecular weight excluding hydrogens is 294 g/mol. The summed E-state index contributed by atoms with van der Waals surface area (Å²) in [5.74, 6) is 0.657. The molecule has 0 aliphatic heterocycles. The highest BCUT2D eigenvalue weighted by Gasteiger charge is 2.34. The van der Waals surface area contributed by atoms with Gasteiger partial charge < -0.3 is 4.74 Å². The Hall–Kier alpha value is -1.64. The van der Waals surface area contributed by atoms with Crippen LogP contribution in [0.1, 0.15) is 57.1 Å². The minimum Gasteiger partial charge on any atom is -0.496 e. The second-order valence-electron chi connectivity index (χ2n) is 7.01. The van der Waals surface area contributed by atoms with Gasteiger partial charge in [-0.2, -0.15) is 0 Å². The molecule has 3 rings (SSSR count). The van der Waals surface area contributed by atoms with Crippen LogP contribution in [0, 0.1) is 17.7 Å². The summed E-state index contributed by atoms with van der Waals surface area (Å²) in [5, 5.41) is 0. The molecule has 1 saturated carbocycles. The molecule has 1 aromatic carbocycles. The van der Waals surface area contributed by atoms with E-state index in [0.717, 1.165) is 24.8 Å². The molecule has 124 valence electrons. The van der Waals surface area contributed by atoms with Crippen molar-refractivity contribution >= 4 is 5.57 Å². The molecule has 0 radical (unpaired) electrons. The lowest BCUT2D eigenvalue weighted by Crippen LogP contribution is -2.14. The molecular formula is C20H24F2O. The fraction of sp³-hybridized carbons (Fsp3) is 0.500. The van der Waals surface area contributed by atoms with Gasteiger partial charge in [-0.05, 0) is 54.2 Å². The first kappa shape index (κ1) is 16.2. The molecule has 0 aromatic heterocycles. The molecule has 0 N–H and O–H groups in total. The summed E-state index contributed by atoms with van der Waals surface area (Å²) >= 11 is 0. The van der Waals surface area contributed by atoms with Gasteiger partial charge in [-0.3, -0.25) is 0 Å². The Bertz CT molecular complexity index is 685. The van der Waals surface area contributed by atoms with E-state index in [4.69, 9.17) is 4.74 Å². The van der Waals surface area contributed by atoms with Crippen molar-refractivity contribution in [3.05, 3.63) is 46.6 Å². The molecule has 3 heteroatoms. The average Bonchev–Trinajstić information content (AvgIpc) is 3.01. The van der Waals surface area contributed by atoms with E-state index in [9.17, 15) is 4.39 Å². The molecule has 1 aromatic rings. The van der Waals surface area contributed by atoms with Crippen LogP contribution in [-0.4, -0.2) is 7.11 Å². The average molecular weight is 318 g/mol. The molecule has 1 nitrogen and oxygen atoms in total. The molecule has 0 spiro atoms. The molecule has 2 aliphatic carbocycles. The van der Waals surface area contributed by atoms with Crippen LogP contribution in [0.15, 0.2) is 29.6 Å². The zero-order valence-electron chi connectivity index (χ0n) is 14.2. The predicted octanol–water partition coefficient (Wildman–Crippen LogP) is 6.01. The molecule has 0 heterocycles. The summed E-state index contributed by atoms with van der Waals surface area (Å²) in [5.41, 5.74) is 2.78. The Morgan fingerprint density at radius 2 is 1.96 bits per heavy atom. The third kappa shape index (κ3) is 2.71. The molecule has 1 fully saturated rings. The lowest BCUT2D eigenvalue weighted by atomic mass is 9.80. The number of ether oxygens (including phenoxy) is 1. The SMILES string of the molecule is COc1cc(F)c(C(C)C)cc1C1=C[C@H](C)C2CCCC2=C1F. The molecule has 23 heavy (non-hydrogen) atoms. The summed E-state index contributed by atoms with van der Waals surface area (Å²) < 4.78 is 34.6. The Balaban J connectivity index is 2.16. The van der Waals surface area contributed by atoms with Crippen molar-refractivity contribution in [3.63, 3.8) is 0 Å². The number of hydrogen-bond donors (Lipinski definition) is 0. The standard InChI is InChI=1S/C20H24F2O/c1-11(2)15-9-16(19(23-4)10-18(15)21)17-8-12(3)13-6-5-7-14(13)20(17)22/h8-13H,5-7H2,1-4H3/t12-,13?/m0/s1. The smallest absolute Gasteiger partial charge is 0.130 e. The topological polar surface area (TPSA) is 9.23 Å². The fourth-order valence-corrected chi connectivity index (χ4v) is 3.95. The van der Waals surface area contributed by atoms with Gasteiger partial charge in [0.05, 0.1) is 7.11 Å². The van der Waals surface area contributed by atoms with Gasteiger partial charge in [0.15, 0.2) is 0 Å². The van der Waals surface area contributed by atoms with E-state index >= 15 is 4.39 Å². The maximum absolute atomic E-state index is 15.1. The Kier molecular flexibility index (Phi) is 4.31. The molecule has 1 unspecified atom stereocenters. The summed E-state index contributed by atoms with van der Waals surface area (Å²) in [7, 11) is 1.50. The van der Waals surface area contributed by atoms with Crippen LogP contribution in [0.2, 0.25) is 0 Å². The summed E-state index contributed by atoms with van der Waals surface area (Å²) in [6, 6.07) is 3.14. The molecule has 2 aliphatic rings. The van der Waals surface area contributed by atoms with Crippen LogP contribution in [-0.2, 0) is 0 Å². The maximum atomic E-state index is 15.1. The van der Waals surface area contributed by atoms with Crippen molar-refractivity contribution in [2.45, 2.75) is 46.0 Å². The number of fused-ring (bicyclic) bond motifs is 1. The highest BCUT2D eigenvalue weighted by molar-refractivity contribution is 5.83. The monoisotopic (exact) mass is 318 g/mol. The van der Waals surface area contributed by atoms with Gasteiger partial charge in [0.2, 0.25) is 0 Å². The minimum absolute atomic E-state index is 0.0382. The third-order valence-electron chi connectivity index (χ3n) is 5.22. The van der Waals surface area contributed by atoms with E-state index in [0.29, 0.717) is 34.3 Å². The summed E-state index contributed by atoms with van der Waals surface area (Å²) in [6.45, 7) is 6.02. The van der Waals surface area contributed by atoms with Gasteiger partial charge in [0, 0.05) is 17.2 Å². The Labute approximate surface area is 137 Å². The quantitative estimate of drug-likeness (QED) is 0.662. The predicted molar refractivity (Wildman–Crippen MR) is 89.7 cm³/mol. The number of benzene rings is 1. The van der Waals surface area contributed by atoms with E-state index in [2.05, 4.69) is 6.92 Å². The number of methoxy groups -OCH3 is 1. The van der Waals surface area contributed by atoms with Gasteiger partial charge in [0.25, 0.3) is 0 Å². The fourth-order valence-electron chi connectivity index (χ4n) is 3.95. The molecule has 2 atom stereocenters. The van der Waals surface area contributed by atoms with Crippen LogP contribution in [0.25, 0.3) is 5.57 Å². The zero-order chi connectivity index (χ0) is 16.7. The van der Waals surface area contributed by atoms with E-state index in [1.807, 2.05) is 19.9 Å². The van der Waals surface area contributed by atoms with Crippen LogP contribution >= 0.6 is 0 Å². The first-order valence-corrected chi connectivity index (χ1v) is 8.42. The van der Waals surface area contributed by atoms with E-state index in [-0.39, 0.29) is 17.6 Å². The number of hydrogen-bond acceptors (Lipinski definition) is 1.